The molecule has 0 aliphatic heterocycles. The number of rotatable bonds is 5. The predicted molar refractivity (Wildman–Crippen MR) is 139 cm³/mol. The maximum absolute atomic E-state index is 13.5. The van der Waals surface area contributed by atoms with Crippen LogP contribution in [0.25, 0.3) is 22.2 Å². The molecule has 8 heteroatoms. The largest absolute Gasteiger partial charge is 0.459 e. The molecular formula is C26H22Cl2N2O3S. The van der Waals surface area contributed by atoms with Crippen molar-refractivity contribution in [2.45, 2.75) is 33.8 Å². The number of ether oxygens (including phenoxy) is 1. The van der Waals surface area contributed by atoms with Gasteiger partial charge in [-0.05, 0) is 63.6 Å². The molecule has 1 amide bonds. The first kappa shape index (κ1) is 24.2. The number of carbonyl (C=O) groups excluding carboxylic acids is 2. The number of fused-ring (bicyclic) bond motifs is 1. The van der Waals surface area contributed by atoms with Gasteiger partial charge in [0.25, 0.3) is 5.91 Å². The molecule has 2 aromatic heterocycles. The van der Waals surface area contributed by atoms with Gasteiger partial charge in [0, 0.05) is 20.8 Å². The Morgan fingerprint density at radius 3 is 2.50 bits per heavy atom. The van der Waals surface area contributed by atoms with Crippen LogP contribution in [-0.2, 0) is 4.74 Å². The van der Waals surface area contributed by atoms with Crippen LogP contribution in [0.15, 0.2) is 48.5 Å². The molecule has 0 bridgehead atoms. The first-order valence-corrected chi connectivity index (χ1v) is 12.2. The summed E-state index contributed by atoms with van der Waals surface area (Å²) in [5, 5.41) is 5.02. The zero-order chi connectivity index (χ0) is 24.6. The van der Waals surface area contributed by atoms with E-state index in [0.29, 0.717) is 48.3 Å². The molecule has 0 unspecified atom stereocenters. The maximum Gasteiger partial charge on any atom is 0.341 e. The van der Waals surface area contributed by atoms with Crippen LogP contribution in [0, 0.1) is 13.8 Å². The van der Waals surface area contributed by atoms with Gasteiger partial charge < -0.3 is 10.1 Å². The lowest BCUT2D eigenvalue weighted by atomic mass is 10.0. The lowest BCUT2D eigenvalue weighted by molar-refractivity contribution is 0.0379. The summed E-state index contributed by atoms with van der Waals surface area (Å²) in [7, 11) is 0. The van der Waals surface area contributed by atoms with Gasteiger partial charge in [-0.2, -0.15) is 0 Å². The molecule has 0 spiro atoms. The fourth-order valence-corrected chi connectivity index (χ4v) is 5.15. The Morgan fingerprint density at radius 2 is 1.79 bits per heavy atom. The van der Waals surface area contributed by atoms with E-state index in [1.807, 2.05) is 38.1 Å². The quantitative estimate of drug-likeness (QED) is 0.278. The molecule has 5 nitrogen and oxygen atoms in total. The average Bonchev–Trinajstić information content (AvgIpc) is 3.05. The highest BCUT2D eigenvalue weighted by atomic mass is 35.5. The van der Waals surface area contributed by atoms with Crippen molar-refractivity contribution in [2.24, 2.45) is 0 Å². The summed E-state index contributed by atoms with van der Waals surface area (Å²) in [6, 6.07) is 14.2. The highest BCUT2D eigenvalue weighted by Gasteiger charge is 2.24. The van der Waals surface area contributed by atoms with Gasteiger partial charge in [-0.25, -0.2) is 9.78 Å². The Hall–Kier alpha value is -2.93. The molecule has 4 rings (SSSR count). The van der Waals surface area contributed by atoms with Crippen molar-refractivity contribution in [3.8, 4) is 11.3 Å². The number of hydrogen-bond donors (Lipinski definition) is 1. The van der Waals surface area contributed by atoms with Crippen molar-refractivity contribution in [1.82, 2.24) is 4.98 Å². The number of amides is 1. The van der Waals surface area contributed by atoms with Gasteiger partial charge in [0.1, 0.15) is 5.00 Å². The number of anilines is 1. The molecule has 0 atom stereocenters. The molecule has 0 radical (unpaired) electrons. The van der Waals surface area contributed by atoms with Gasteiger partial charge in [-0.1, -0.05) is 41.4 Å². The van der Waals surface area contributed by atoms with E-state index in [1.54, 1.807) is 38.1 Å². The molecular weight excluding hydrogens is 491 g/mol. The van der Waals surface area contributed by atoms with E-state index in [1.165, 1.54) is 11.3 Å². The van der Waals surface area contributed by atoms with E-state index in [9.17, 15) is 9.59 Å². The predicted octanol–water partition coefficient (Wildman–Crippen LogP) is 7.70. The second kappa shape index (κ2) is 9.74. The van der Waals surface area contributed by atoms with Crippen LogP contribution in [0.1, 0.15) is 45.0 Å². The Kier molecular flexibility index (Phi) is 6.94. The number of esters is 1. The minimum atomic E-state index is -0.458. The number of hydrogen-bond acceptors (Lipinski definition) is 5. The number of carbonyl (C=O) groups is 2. The second-order valence-electron chi connectivity index (χ2n) is 8.09. The summed E-state index contributed by atoms with van der Waals surface area (Å²) >= 11 is 13.8. The van der Waals surface area contributed by atoms with Crippen LogP contribution in [-0.4, -0.2) is 23.0 Å². The third kappa shape index (κ3) is 4.80. The summed E-state index contributed by atoms with van der Waals surface area (Å²) < 4.78 is 5.41. The van der Waals surface area contributed by atoms with E-state index in [4.69, 9.17) is 32.9 Å². The van der Waals surface area contributed by atoms with Crippen LogP contribution >= 0.6 is 34.5 Å². The van der Waals surface area contributed by atoms with Crippen LogP contribution in [0.2, 0.25) is 10.0 Å². The number of nitrogens with one attached hydrogen (secondary N) is 1. The summed E-state index contributed by atoms with van der Waals surface area (Å²) in [5.74, 6) is -0.815. The number of aromatic nitrogens is 1. The SMILES string of the molecule is Cc1sc(NC(=O)c2cc(-c3ccc(Cl)cc3Cl)nc3ccccc23)c(C(=O)OC(C)C)c1C. The van der Waals surface area contributed by atoms with Crippen molar-refractivity contribution in [3.05, 3.63) is 80.1 Å². The average molecular weight is 513 g/mol. The summed E-state index contributed by atoms with van der Waals surface area (Å²) in [4.78, 5) is 31.9. The Bertz CT molecular complexity index is 1430. The van der Waals surface area contributed by atoms with E-state index < -0.39 is 5.97 Å². The fourth-order valence-electron chi connectivity index (χ4n) is 3.60. The molecule has 0 saturated carbocycles. The topological polar surface area (TPSA) is 68.3 Å². The highest BCUT2D eigenvalue weighted by Crippen LogP contribution is 2.35. The number of nitrogens with zero attached hydrogens (tertiary/aromatic N) is 1. The van der Waals surface area contributed by atoms with Crippen LogP contribution < -0.4 is 5.32 Å². The normalized spacial score (nSPS) is 11.1. The Balaban J connectivity index is 1.80. The molecule has 4 aromatic rings. The number of aryl methyl sites for hydroxylation is 1. The zero-order valence-corrected chi connectivity index (χ0v) is 21.4. The number of pyridine rings is 1. The van der Waals surface area contributed by atoms with E-state index >= 15 is 0 Å². The highest BCUT2D eigenvalue weighted by molar-refractivity contribution is 7.16. The van der Waals surface area contributed by atoms with Gasteiger partial charge >= 0.3 is 5.97 Å². The van der Waals surface area contributed by atoms with Gasteiger partial charge in [-0.15, -0.1) is 11.3 Å². The van der Waals surface area contributed by atoms with Gasteiger partial charge in [0.15, 0.2) is 0 Å². The summed E-state index contributed by atoms with van der Waals surface area (Å²) in [5.41, 5.74) is 3.44. The first-order valence-electron chi connectivity index (χ1n) is 10.6. The zero-order valence-electron chi connectivity index (χ0n) is 19.0. The molecule has 2 heterocycles. The Morgan fingerprint density at radius 1 is 1.06 bits per heavy atom. The monoisotopic (exact) mass is 512 g/mol. The molecule has 0 fully saturated rings. The van der Waals surface area contributed by atoms with Crippen molar-refractivity contribution in [1.29, 1.82) is 0 Å². The van der Waals surface area contributed by atoms with E-state index in [0.717, 1.165) is 10.4 Å². The molecule has 1 N–H and O–H groups in total. The van der Waals surface area contributed by atoms with Crippen molar-refractivity contribution in [3.63, 3.8) is 0 Å². The first-order chi connectivity index (χ1) is 16.2. The smallest absolute Gasteiger partial charge is 0.341 e. The fraction of sp³-hybridized carbons (Fsp3) is 0.192. The number of thiophene rings is 1. The van der Waals surface area contributed by atoms with Crippen LogP contribution in [0.5, 0.6) is 0 Å². The minimum Gasteiger partial charge on any atom is -0.459 e. The molecule has 0 aliphatic rings. The van der Waals surface area contributed by atoms with Crippen molar-refractivity contribution >= 4 is 62.3 Å². The van der Waals surface area contributed by atoms with Gasteiger partial charge in [0.05, 0.1) is 33.5 Å². The molecule has 0 saturated heterocycles. The third-order valence-corrected chi connectivity index (χ3v) is 7.00. The lowest BCUT2D eigenvalue weighted by Crippen LogP contribution is -2.17. The number of halogens is 2. The van der Waals surface area contributed by atoms with Crippen molar-refractivity contribution in [2.75, 3.05) is 5.32 Å². The molecule has 0 aliphatic carbocycles. The number of benzene rings is 2. The molecule has 2 aromatic carbocycles. The summed E-state index contributed by atoms with van der Waals surface area (Å²) in [6.45, 7) is 7.33. The maximum atomic E-state index is 13.5. The molecule has 174 valence electrons. The van der Waals surface area contributed by atoms with E-state index in [2.05, 4.69) is 5.32 Å². The van der Waals surface area contributed by atoms with Gasteiger partial charge in [-0.3, -0.25) is 4.79 Å². The van der Waals surface area contributed by atoms with E-state index in [-0.39, 0.29) is 12.0 Å². The summed E-state index contributed by atoms with van der Waals surface area (Å²) in [6.07, 6.45) is -0.272. The second-order valence-corrected chi connectivity index (χ2v) is 10.2. The number of para-hydroxylation sites is 1. The standard InChI is InChI=1S/C26H22Cl2N2O3S/c1-13(2)33-26(32)23-14(3)15(4)34-25(23)30-24(31)19-12-22(18-10-9-16(27)11-20(18)28)29-21-8-6-5-7-17(19)21/h5-13H,1-4H3,(H,30,31). The van der Waals surface area contributed by atoms with Crippen LogP contribution in [0.3, 0.4) is 0 Å². The minimum absolute atomic E-state index is 0.272. The van der Waals surface area contributed by atoms with Crippen molar-refractivity contribution < 1.29 is 14.3 Å². The van der Waals surface area contributed by atoms with Gasteiger partial charge in [0.2, 0.25) is 0 Å². The third-order valence-electron chi connectivity index (χ3n) is 5.33. The lowest BCUT2D eigenvalue weighted by Gasteiger charge is -2.13. The van der Waals surface area contributed by atoms with Crippen LogP contribution in [0.4, 0.5) is 5.00 Å². The Labute approximate surface area is 211 Å². The molecule has 34 heavy (non-hydrogen) atoms.